The van der Waals surface area contributed by atoms with E-state index in [0.717, 1.165) is 65.2 Å². The van der Waals surface area contributed by atoms with Crippen LogP contribution in [0.15, 0.2) is 54.7 Å². The number of methoxy groups -OCH3 is 1. The van der Waals surface area contributed by atoms with Crippen LogP contribution in [0, 0.1) is 0 Å². The SMILES string of the molecule is COc1ccc2nccc([C@@H](O)CN3CCC(NCc4cc5ccc(Cl)cc5[nH]4)CC3)c2c1.O=C(O)C(=O)O. The third-order valence-electron chi connectivity index (χ3n) is 6.76. The standard InChI is InChI=1S/C26H29ClN4O2.C2H2O4/c1-33-21-4-5-24-23(14-21)22(6-9-28-24)26(32)16-31-10-7-19(8-11-31)29-15-20-12-17-2-3-18(27)13-25(17)30-20;3-1(4)2(5)6/h2-6,9,12-14,19,26,29-30,32H,7-8,10-11,15-16H2,1H3;(H,3,4)(H,5,6)/t26-;/m0./s1. The molecule has 0 radical (unpaired) electrons. The number of carboxylic acid groups (broad SMARTS) is 2. The van der Waals surface area contributed by atoms with Gasteiger partial charge in [-0.1, -0.05) is 17.7 Å². The zero-order valence-electron chi connectivity index (χ0n) is 21.4. The van der Waals surface area contributed by atoms with Gasteiger partial charge in [0.2, 0.25) is 0 Å². The number of aromatic amines is 1. The molecule has 206 valence electrons. The molecule has 39 heavy (non-hydrogen) atoms. The van der Waals surface area contributed by atoms with E-state index in [-0.39, 0.29) is 0 Å². The van der Waals surface area contributed by atoms with Crippen molar-refractivity contribution in [3.8, 4) is 5.75 Å². The number of nitrogens with one attached hydrogen (secondary N) is 2. The Morgan fingerprint density at radius 2 is 1.87 bits per heavy atom. The maximum Gasteiger partial charge on any atom is 0.414 e. The van der Waals surface area contributed by atoms with Gasteiger partial charge in [0.05, 0.1) is 18.7 Å². The summed E-state index contributed by atoms with van der Waals surface area (Å²) in [5.41, 5.74) is 4.02. The van der Waals surface area contributed by atoms with Crippen LogP contribution >= 0.6 is 11.6 Å². The zero-order valence-corrected chi connectivity index (χ0v) is 22.2. The molecule has 1 atom stereocenters. The van der Waals surface area contributed by atoms with Crippen molar-refractivity contribution in [2.24, 2.45) is 0 Å². The smallest absolute Gasteiger partial charge is 0.414 e. The monoisotopic (exact) mass is 554 g/mol. The van der Waals surface area contributed by atoms with E-state index >= 15 is 0 Å². The molecule has 2 aromatic heterocycles. The second-order valence-corrected chi connectivity index (χ2v) is 9.83. The summed E-state index contributed by atoms with van der Waals surface area (Å²) in [5.74, 6) is -2.88. The van der Waals surface area contributed by atoms with Gasteiger partial charge in [0.1, 0.15) is 5.75 Å². The van der Waals surface area contributed by atoms with E-state index in [1.165, 1.54) is 11.1 Å². The van der Waals surface area contributed by atoms with Crippen molar-refractivity contribution in [3.63, 3.8) is 0 Å². The van der Waals surface area contributed by atoms with Crippen molar-refractivity contribution in [1.29, 1.82) is 0 Å². The number of benzene rings is 2. The molecule has 10 nitrogen and oxygen atoms in total. The van der Waals surface area contributed by atoms with Crippen molar-refractivity contribution >= 4 is 45.3 Å². The first-order valence-corrected chi connectivity index (χ1v) is 12.9. The number of halogens is 1. The molecule has 0 saturated carbocycles. The van der Waals surface area contributed by atoms with E-state index in [4.69, 9.17) is 36.1 Å². The number of carboxylic acids is 2. The summed E-state index contributed by atoms with van der Waals surface area (Å²) in [6.45, 7) is 3.35. The Bertz CT molecular complexity index is 1440. The topological polar surface area (TPSA) is 148 Å². The molecule has 4 aromatic rings. The van der Waals surface area contributed by atoms with Gasteiger partial charge in [-0.05, 0) is 79.3 Å². The number of hydrogen-bond acceptors (Lipinski definition) is 7. The van der Waals surface area contributed by atoms with E-state index in [0.29, 0.717) is 12.6 Å². The minimum Gasteiger partial charge on any atom is -0.497 e. The lowest BCUT2D eigenvalue weighted by atomic mass is 10.0. The number of aliphatic hydroxyl groups is 1. The minimum absolute atomic E-state index is 0.472. The number of rotatable bonds is 7. The molecule has 0 amide bonds. The van der Waals surface area contributed by atoms with Gasteiger partial charge in [-0.2, -0.15) is 0 Å². The number of aliphatic hydroxyl groups excluding tert-OH is 1. The fraction of sp³-hybridized carbons (Fsp3) is 0.321. The Balaban J connectivity index is 0.000000531. The number of hydrogen-bond donors (Lipinski definition) is 5. The quantitative estimate of drug-likeness (QED) is 0.215. The Morgan fingerprint density at radius 3 is 2.56 bits per heavy atom. The van der Waals surface area contributed by atoms with E-state index in [2.05, 4.69) is 26.3 Å². The van der Waals surface area contributed by atoms with E-state index in [1.54, 1.807) is 13.3 Å². The highest BCUT2D eigenvalue weighted by molar-refractivity contribution is 6.31. The Morgan fingerprint density at radius 1 is 1.13 bits per heavy atom. The fourth-order valence-corrected chi connectivity index (χ4v) is 4.91. The maximum atomic E-state index is 11.0. The molecule has 1 aliphatic rings. The van der Waals surface area contributed by atoms with Gasteiger partial charge in [0.25, 0.3) is 0 Å². The highest BCUT2D eigenvalue weighted by Gasteiger charge is 2.22. The van der Waals surface area contributed by atoms with Crippen LogP contribution in [0.25, 0.3) is 21.8 Å². The number of β-amino-alcohol motifs (C(OH)–C–C–N with tert-alkyl or cyclic N) is 1. The summed E-state index contributed by atoms with van der Waals surface area (Å²) in [6.07, 6.45) is 3.32. The highest BCUT2D eigenvalue weighted by Crippen LogP contribution is 2.28. The van der Waals surface area contributed by atoms with Gasteiger partial charge in [0, 0.05) is 46.9 Å². The number of likely N-dealkylation sites (tertiary alicyclic amines) is 1. The molecule has 0 aliphatic carbocycles. The van der Waals surface area contributed by atoms with Crippen LogP contribution in [0.4, 0.5) is 0 Å². The largest absolute Gasteiger partial charge is 0.497 e. The number of fused-ring (bicyclic) bond motifs is 2. The second-order valence-electron chi connectivity index (χ2n) is 9.39. The summed E-state index contributed by atoms with van der Waals surface area (Å²) in [5, 5.41) is 32.3. The van der Waals surface area contributed by atoms with Gasteiger partial charge in [-0.15, -0.1) is 0 Å². The lowest BCUT2D eigenvalue weighted by Crippen LogP contribution is -2.43. The number of H-pyrrole nitrogens is 1. The van der Waals surface area contributed by atoms with Crippen LogP contribution in [0.1, 0.15) is 30.2 Å². The van der Waals surface area contributed by atoms with E-state index in [9.17, 15) is 5.11 Å². The van der Waals surface area contributed by atoms with Crippen LogP contribution in [0.5, 0.6) is 5.75 Å². The summed E-state index contributed by atoms with van der Waals surface area (Å²) in [6, 6.07) is 16.3. The third-order valence-corrected chi connectivity index (χ3v) is 7.00. The number of carbonyl (C=O) groups is 2. The second kappa shape index (κ2) is 12.9. The molecular formula is C28H31ClN4O6. The minimum atomic E-state index is -1.82. The number of ether oxygens (including phenoxy) is 1. The summed E-state index contributed by atoms with van der Waals surface area (Å²) >= 11 is 6.09. The molecule has 1 fully saturated rings. The van der Waals surface area contributed by atoms with Crippen LogP contribution in [-0.2, 0) is 16.1 Å². The Hall–Kier alpha value is -3.70. The number of aliphatic carboxylic acids is 2. The molecule has 0 unspecified atom stereocenters. The first kappa shape index (κ1) is 28.3. The van der Waals surface area contributed by atoms with Crippen molar-refractivity contribution in [2.45, 2.75) is 31.5 Å². The summed E-state index contributed by atoms with van der Waals surface area (Å²) in [7, 11) is 1.65. The van der Waals surface area contributed by atoms with Crippen molar-refractivity contribution in [2.75, 3.05) is 26.7 Å². The first-order chi connectivity index (χ1) is 18.7. The highest BCUT2D eigenvalue weighted by atomic mass is 35.5. The van der Waals surface area contributed by atoms with Gasteiger partial charge < -0.3 is 35.3 Å². The number of pyridine rings is 1. The van der Waals surface area contributed by atoms with Gasteiger partial charge in [-0.25, -0.2) is 9.59 Å². The predicted molar refractivity (Wildman–Crippen MR) is 148 cm³/mol. The molecule has 0 bridgehead atoms. The fourth-order valence-electron chi connectivity index (χ4n) is 4.74. The van der Waals surface area contributed by atoms with Crippen LogP contribution in [0.2, 0.25) is 5.02 Å². The summed E-state index contributed by atoms with van der Waals surface area (Å²) < 4.78 is 5.36. The number of nitrogens with zero attached hydrogens (tertiary/aromatic N) is 2. The lowest BCUT2D eigenvalue weighted by molar-refractivity contribution is -0.159. The first-order valence-electron chi connectivity index (χ1n) is 12.5. The van der Waals surface area contributed by atoms with Gasteiger partial charge in [-0.3, -0.25) is 4.98 Å². The van der Waals surface area contributed by atoms with Gasteiger partial charge in [0.15, 0.2) is 0 Å². The molecule has 11 heteroatoms. The molecule has 5 N–H and O–H groups in total. The molecule has 3 heterocycles. The molecular weight excluding hydrogens is 524 g/mol. The van der Waals surface area contributed by atoms with Gasteiger partial charge >= 0.3 is 11.9 Å². The van der Waals surface area contributed by atoms with Crippen LogP contribution in [-0.4, -0.2) is 74.9 Å². The molecule has 0 spiro atoms. The van der Waals surface area contributed by atoms with E-state index < -0.39 is 18.0 Å². The van der Waals surface area contributed by atoms with Crippen LogP contribution < -0.4 is 10.1 Å². The van der Waals surface area contributed by atoms with E-state index in [1.807, 2.05) is 42.5 Å². The number of aromatic nitrogens is 2. The third kappa shape index (κ3) is 7.45. The summed E-state index contributed by atoms with van der Waals surface area (Å²) in [4.78, 5) is 28.4. The molecule has 5 rings (SSSR count). The van der Waals surface area contributed by atoms with Crippen molar-refractivity contribution in [3.05, 3.63) is 71.0 Å². The maximum absolute atomic E-state index is 11.0. The van der Waals surface area contributed by atoms with Crippen molar-refractivity contribution < 1.29 is 29.6 Å². The lowest BCUT2D eigenvalue weighted by Gasteiger charge is -2.33. The van der Waals surface area contributed by atoms with Crippen LogP contribution in [0.3, 0.4) is 0 Å². The average Bonchev–Trinajstić information content (AvgIpc) is 3.34. The normalized spacial score (nSPS) is 15.1. The average molecular weight is 555 g/mol. The Labute approximate surface area is 230 Å². The Kier molecular flexibility index (Phi) is 9.36. The predicted octanol–water partition coefficient (Wildman–Crippen LogP) is 3.82. The van der Waals surface area contributed by atoms with Crippen molar-refractivity contribution in [1.82, 2.24) is 20.2 Å². The molecule has 1 aliphatic heterocycles. The number of piperidine rings is 1. The molecule has 2 aromatic carbocycles. The zero-order chi connectivity index (χ0) is 27.9. The molecule has 1 saturated heterocycles.